The van der Waals surface area contributed by atoms with Crippen LogP contribution in [0.1, 0.15) is 47.1 Å². The molecule has 0 fully saturated rings. The van der Waals surface area contributed by atoms with Crippen molar-refractivity contribution in [1.82, 2.24) is 5.32 Å². The van der Waals surface area contributed by atoms with E-state index in [1.54, 1.807) is 77.9 Å². The van der Waals surface area contributed by atoms with Gasteiger partial charge in [0.25, 0.3) is 0 Å². The lowest BCUT2D eigenvalue weighted by molar-refractivity contribution is -0.136. The molecule has 236 valence electrons. The minimum atomic E-state index is -1.24. The minimum absolute atomic E-state index is 0.00128. The van der Waals surface area contributed by atoms with Gasteiger partial charge in [-0.1, -0.05) is 42.5 Å². The van der Waals surface area contributed by atoms with Gasteiger partial charge in [0, 0.05) is 30.2 Å². The fourth-order valence-electron chi connectivity index (χ4n) is 4.17. The van der Waals surface area contributed by atoms with E-state index in [4.69, 9.17) is 23.4 Å². The number of benzene rings is 3. The summed E-state index contributed by atoms with van der Waals surface area (Å²) >= 11 is 0. The average molecular weight is 618 g/mol. The number of alkyl carbamates (subject to hydrolysis) is 1. The molecule has 1 aromatic heterocycles. The Bertz CT molecular complexity index is 1750. The van der Waals surface area contributed by atoms with Crippen LogP contribution in [0.15, 0.2) is 82.0 Å². The smallest absolute Gasteiger partial charge is 0.507 e. The number of ether oxygens (including phenoxy) is 4. The highest BCUT2D eigenvalue weighted by Crippen LogP contribution is 2.31. The summed E-state index contributed by atoms with van der Waals surface area (Å²) in [5.41, 5.74) is -0.811. The van der Waals surface area contributed by atoms with Crippen LogP contribution in [0.25, 0.3) is 22.3 Å². The van der Waals surface area contributed by atoms with E-state index in [1.807, 2.05) is 6.07 Å². The first-order valence-electron chi connectivity index (χ1n) is 14.1. The van der Waals surface area contributed by atoms with Crippen LogP contribution >= 0.6 is 0 Å². The van der Waals surface area contributed by atoms with Crippen molar-refractivity contribution in [3.63, 3.8) is 0 Å². The zero-order chi connectivity index (χ0) is 32.9. The molecule has 45 heavy (non-hydrogen) atoms. The second kappa shape index (κ2) is 13.1. The topological polar surface area (TPSA) is 151 Å². The molecule has 3 aromatic carbocycles. The van der Waals surface area contributed by atoms with Gasteiger partial charge in [0.15, 0.2) is 5.43 Å². The van der Waals surface area contributed by atoms with Gasteiger partial charge in [-0.15, -0.1) is 0 Å². The zero-order valence-electron chi connectivity index (χ0n) is 25.8. The number of aromatic hydroxyl groups is 1. The molecule has 11 heteroatoms. The van der Waals surface area contributed by atoms with Crippen LogP contribution in [-0.2, 0) is 20.7 Å². The van der Waals surface area contributed by atoms with Gasteiger partial charge in [0.1, 0.15) is 51.2 Å². The molecule has 0 saturated carbocycles. The quantitative estimate of drug-likeness (QED) is 0.133. The number of nitrogens with one attached hydrogen (secondary N) is 1. The Labute approximate surface area is 259 Å². The van der Waals surface area contributed by atoms with E-state index in [9.17, 15) is 24.3 Å². The van der Waals surface area contributed by atoms with Crippen molar-refractivity contribution in [2.75, 3.05) is 0 Å². The van der Waals surface area contributed by atoms with Crippen molar-refractivity contribution in [3.05, 3.63) is 88.6 Å². The standard InChI is InChI=1S/C34H35NO10/c1-33(2,3)44-31(39)35-24(16-20-12-14-22(15-13-20)42-32(40)45-34(4,5)6)30(38)41-23-17-25(36)29-26(37)19-27(43-28(29)18-23)21-10-8-7-9-11-21/h7-15,17-19,24,36H,16H2,1-6H3,(H,35,39). The molecule has 1 unspecified atom stereocenters. The number of carbonyl (C=O) groups excluding carboxylic acids is 3. The zero-order valence-corrected chi connectivity index (χ0v) is 25.8. The molecule has 0 spiro atoms. The highest BCUT2D eigenvalue weighted by Gasteiger charge is 2.27. The number of carbonyl (C=O) groups is 3. The number of amides is 1. The van der Waals surface area contributed by atoms with Gasteiger partial charge in [-0.2, -0.15) is 0 Å². The van der Waals surface area contributed by atoms with Crippen molar-refractivity contribution in [1.29, 1.82) is 0 Å². The largest absolute Gasteiger partial charge is 0.514 e. The third-order valence-electron chi connectivity index (χ3n) is 5.99. The fraction of sp³-hybridized carbons (Fsp3) is 0.294. The van der Waals surface area contributed by atoms with E-state index in [0.717, 1.165) is 6.07 Å². The lowest BCUT2D eigenvalue weighted by Gasteiger charge is -2.23. The molecule has 0 radical (unpaired) electrons. The molecule has 1 amide bonds. The predicted octanol–water partition coefficient (Wildman–Crippen LogP) is 6.52. The SMILES string of the molecule is CC(C)(C)OC(=O)NC(Cc1ccc(OC(=O)OC(C)(C)C)cc1)C(=O)Oc1cc(O)c2c(=O)cc(-c3ccccc3)oc2c1. The maximum Gasteiger partial charge on any atom is 0.514 e. The van der Waals surface area contributed by atoms with E-state index < -0.39 is 46.6 Å². The number of hydrogen-bond acceptors (Lipinski definition) is 10. The Morgan fingerprint density at radius 1 is 0.822 bits per heavy atom. The summed E-state index contributed by atoms with van der Waals surface area (Å²) in [5, 5.41) is 13.1. The lowest BCUT2D eigenvalue weighted by Crippen LogP contribution is -2.46. The maximum atomic E-state index is 13.4. The number of phenolic OH excluding ortho intramolecular Hbond substituents is 1. The number of hydrogen-bond donors (Lipinski definition) is 2. The molecular formula is C34H35NO10. The van der Waals surface area contributed by atoms with Gasteiger partial charge < -0.3 is 33.8 Å². The van der Waals surface area contributed by atoms with Gasteiger partial charge in [0.2, 0.25) is 0 Å². The van der Waals surface area contributed by atoms with Crippen LogP contribution in [0.3, 0.4) is 0 Å². The third kappa shape index (κ3) is 9.33. The van der Waals surface area contributed by atoms with E-state index >= 15 is 0 Å². The molecular weight excluding hydrogens is 582 g/mol. The molecule has 0 bridgehead atoms. The third-order valence-corrected chi connectivity index (χ3v) is 5.99. The van der Waals surface area contributed by atoms with Crippen molar-refractivity contribution >= 4 is 29.2 Å². The average Bonchev–Trinajstić information content (AvgIpc) is 2.91. The van der Waals surface area contributed by atoms with E-state index in [0.29, 0.717) is 11.1 Å². The summed E-state index contributed by atoms with van der Waals surface area (Å²) < 4.78 is 27.1. The van der Waals surface area contributed by atoms with Crippen LogP contribution in [0.4, 0.5) is 9.59 Å². The first kappa shape index (κ1) is 32.6. The molecule has 1 atom stereocenters. The molecule has 4 rings (SSSR count). The van der Waals surface area contributed by atoms with E-state index in [2.05, 4.69) is 5.32 Å². The van der Waals surface area contributed by atoms with Crippen LogP contribution in [0.5, 0.6) is 17.2 Å². The summed E-state index contributed by atoms with van der Waals surface area (Å²) in [6.45, 7) is 10.2. The molecule has 2 N–H and O–H groups in total. The minimum Gasteiger partial charge on any atom is -0.507 e. The summed E-state index contributed by atoms with van der Waals surface area (Å²) in [6.07, 6.45) is -1.75. The van der Waals surface area contributed by atoms with Crippen LogP contribution in [0.2, 0.25) is 0 Å². The van der Waals surface area contributed by atoms with Crippen LogP contribution in [-0.4, -0.2) is 40.6 Å². The Balaban J connectivity index is 1.57. The highest BCUT2D eigenvalue weighted by atomic mass is 16.7. The molecule has 11 nitrogen and oxygen atoms in total. The Morgan fingerprint density at radius 2 is 1.47 bits per heavy atom. The number of esters is 1. The first-order valence-corrected chi connectivity index (χ1v) is 14.1. The van der Waals surface area contributed by atoms with Gasteiger partial charge in [-0.25, -0.2) is 14.4 Å². The van der Waals surface area contributed by atoms with Gasteiger partial charge in [-0.05, 0) is 59.2 Å². The fourth-order valence-corrected chi connectivity index (χ4v) is 4.17. The summed E-state index contributed by atoms with van der Waals surface area (Å²) in [7, 11) is 0. The molecule has 0 aliphatic carbocycles. The Kier molecular flexibility index (Phi) is 9.51. The monoisotopic (exact) mass is 617 g/mol. The summed E-state index contributed by atoms with van der Waals surface area (Å²) in [5.74, 6) is -0.957. The Morgan fingerprint density at radius 3 is 2.09 bits per heavy atom. The predicted molar refractivity (Wildman–Crippen MR) is 165 cm³/mol. The number of rotatable bonds is 7. The molecule has 1 heterocycles. The van der Waals surface area contributed by atoms with Crippen LogP contribution in [0, 0.1) is 0 Å². The number of fused-ring (bicyclic) bond motifs is 1. The molecule has 0 aliphatic rings. The van der Waals surface area contributed by atoms with Gasteiger partial charge in [0.05, 0.1) is 0 Å². The van der Waals surface area contributed by atoms with Crippen LogP contribution < -0.4 is 20.2 Å². The van der Waals surface area contributed by atoms with Crippen molar-refractivity contribution in [2.45, 2.75) is 65.2 Å². The van der Waals surface area contributed by atoms with Gasteiger partial charge >= 0.3 is 18.2 Å². The first-order chi connectivity index (χ1) is 21.1. The van der Waals surface area contributed by atoms with Crippen molar-refractivity contribution in [3.8, 4) is 28.6 Å². The number of phenols is 1. The second-order valence-electron chi connectivity index (χ2n) is 12.2. The van der Waals surface area contributed by atoms with Crippen molar-refractivity contribution in [2.24, 2.45) is 0 Å². The Hall–Kier alpha value is -5.32. The summed E-state index contributed by atoms with van der Waals surface area (Å²) in [4.78, 5) is 50.8. The highest BCUT2D eigenvalue weighted by molar-refractivity contribution is 5.88. The van der Waals surface area contributed by atoms with Gasteiger partial charge in [-0.3, -0.25) is 4.79 Å². The normalized spacial score (nSPS) is 12.2. The molecule has 0 saturated heterocycles. The summed E-state index contributed by atoms with van der Waals surface area (Å²) in [6, 6.07) is 17.6. The molecule has 4 aromatic rings. The lowest BCUT2D eigenvalue weighted by atomic mass is 10.1. The van der Waals surface area contributed by atoms with E-state index in [1.165, 1.54) is 24.3 Å². The second-order valence-corrected chi connectivity index (χ2v) is 12.2. The molecule has 0 aliphatic heterocycles. The van der Waals surface area contributed by atoms with Crippen molar-refractivity contribution < 1.29 is 42.9 Å². The van der Waals surface area contributed by atoms with E-state index in [-0.39, 0.29) is 34.6 Å². The maximum absolute atomic E-state index is 13.4.